The molecule has 1 aromatic carbocycles. The molecule has 1 aliphatic heterocycles. The standard InChI is InChI=1S/C21H28N4O4S2/c1-14-5-4-12-25(13-14)31(28,29)17-8-6-16(7-9-17)23-19(26)11-10-18-15(2)22-21(30-3)24-20(18)27/h6-9,14H,4-5,10-13H2,1-3H3,(H,23,26)(H,22,24,27). The van der Waals surface area contributed by atoms with Gasteiger partial charge in [0.25, 0.3) is 5.56 Å². The topological polar surface area (TPSA) is 112 Å². The van der Waals surface area contributed by atoms with E-state index >= 15 is 0 Å². The predicted molar refractivity (Wildman–Crippen MR) is 122 cm³/mol. The number of rotatable bonds is 7. The quantitative estimate of drug-likeness (QED) is 0.481. The number of hydrogen-bond acceptors (Lipinski definition) is 6. The highest BCUT2D eigenvalue weighted by Gasteiger charge is 2.28. The summed E-state index contributed by atoms with van der Waals surface area (Å²) in [6.07, 6.45) is 4.13. The summed E-state index contributed by atoms with van der Waals surface area (Å²) >= 11 is 1.35. The molecule has 0 spiro atoms. The number of sulfonamides is 1. The lowest BCUT2D eigenvalue weighted by atomic mass is 10.0. The molecule has 2 heterocycles. The van der Waals surface area contributed by atoms with Gasteiger partial charge in [0.15, 0.2) is 5.16 Å². The van der Waals surface area contributed by atoms with E-state index in [0.29, 0.717) is 41.1 Å². The van der Waals surface area contributed by atoms with E-state index in [2.05, 4.69) is 22.2 Å². The lowest BCUT2D eigenvalue weighted by Gasteiger charge is -2.30. The Labute approximate surface area is 186 Å². The van der Waals surface area contributed by atoms with Crippen molar-refractivity contribution in [3.05, 3.63) is 45.9 Å². The predicted octanol–water partition coefficient (Wildman–Crippen LogP) is 2.79. The van der Waals surface area contributed by atoms with Gasteiger partial charge in [0.1, 0.15) is 0 Å². The largest absolute Gasteiger partial charge is 0.326 e. The minimum absolute atomic E-state index is 0.121. The van der Waals surface area contributed by atoms with Gasteiger partial charge in [-0.15, -0.1) is 0 Å². The first-order chi connectivity index (χ1) is 14.7. The SMILES string of the molecule is CSc1nc(C)c(CCC(=O)Nc2ccc(S(=O)(=O)N3CCCC(C)C3)cc2)c(=O)[nH]1. The molecule has 2 N–H and O–H groups in total. The van der Waals surface area contributed by atoms with Gasteiger partial charge >= 0.3 is 0 Å². The highest BCUT2D eigenvalue weighted by Crippen LogP contribution is 2.24. The minimum atomic E-state index is -3.53. The number of nitrogens with zero attached hydrogens (tertiary/aromatic N) is 2. The summed E-state index contributed by atoms with van der Waals surface area (Å²) in [6, 6.07) is 6.21. The summed E-state index contributed by atoms with van der Waals surface area (Å²) in [6.45, 7) is 4.88. The van der Waals surface area contributed by atoms with E-state index in [-0.39, 0.29) is 29.2 Å². The number of anilines is 1. The molecule has 1 fully saturated rings. The van der Waals surface area contributed by atoms with E-state index < -0.39 is 10.0 Å². The number of benzene rings is 1. The van der Waals surface area contributed by atoms with Crippen LogP contribution in [0.4, 0.5) is 5.69 Å². The third-order valence-electron chi connectivity index (χ3n) is 5.39. The molecule has 1 amide bonds. The molecule has 8 nitrogen and oxygen atoms in total. The molecular formula is C21H28N4O4S2. The maximum absolute atomic E-state index is 12.8. The summed E-state index contributed by atoms with van der Waals surface area (Å²) < 4.78 is 27.2. The van der Waals surface area contributed by atoms with E-state index in [1.807, 2.05) is 6.26 Å². The van der Waals surface area contributed by atoms with Gasteiger partial charge in [-0.1, -0.05) is 18.7 Å². The zero-order chi connectivity index (χ0) is 22.6. The van der Waals surface area contributed by atoms with Crippen LogP contribution in [0.5, 0.6) is 0 Å². The van der Waals surface area contributed by atoms with Crippen LogP contribution < -0.4 is 10.9 Å². The number of aromatic nitrogens is 2. The number of nitrogens with one attached hydrogen (secondary N) is 2. The number of carbonyl (C=O) groups excluding carboxylic acids is 1. The molecule has 31 heavy (non-hydrogen) atoms. The van der Waals surface area contributed by atoms with Crippen LogP contribution in [0.15, 0.2) is 39.1 Å². The second-order valence-electron chi connectivity index (χ2n) is 7.82. The van der Waals surface area contributed by atoms with Crippen molar-refractivity contribution in [2.45, 2.75) is 49.6 Å². The fraction of sp³-hybridized carbons (Fsp3) is 0.476. The summed E-state index contributed by atoms with van der Waals surface area (Å²) in [5.41, 5.74) is 1.39. The molecule has 0 saturated carbocycles. The van der Waals surface area contributed by atoms with Crippen LogP contribution in [0.25, 0.3) is 0 Å². The first kappa shape index (κ1) is 23.5. The Morgan fingerprint density at radius 3 is 2.65 bits per heavy atom. The Bertz CT molecular complexity index is 1100. The Balaban J connectivity index is 1.61. The van der Waals surface area contributed by atoms with E-state index in [0.717, 1.165) is 12.8 Å². The average Bonchev–Trinajstić information content (AvgIpc) is 2.73. The zero-order valence-corrected chi connectivity index (χ0v) is 19.6. The third kappa shape index (κ3) is 5.75. The fourth-order valence-electron chi connectivity index (χ4n) is 3.66. The number of carbonyl (C=O) groups is 1. The molecule has 2 aromatic rings. The number of thioether (sulfide) groups is 1. The van der Waals surface area contributed by atoms with E-state index in [9.17, 15) is 18.0 Å². The van der Waals surface area contributed by atoms with Crippen molar-refractivity contribution >= 4 is 33.4 Å². The average molecular weight is 465 g/mol. The van der Waals surface area contributed by atoms with Crippen molar-refractivity contribution in [3.8, 4) is 0 Å². The third-order valence-corrected chi connectivity index (χ3v) is 7.85. The van der Waals surface area contributed by atoms with Crippen LogP contribution in [-0.4, -0.2) is 47.9 Å². The monoisotopic (exact) mass is 464 g/mol. The molecule has 168 valence electrons. The number of aromatic amines is 1. The van der Waals surface area contributed by atoms with E-state index in [1.54, 1.807) is 19.1 Å². The van der Waals surface area contributed by atoms with Crippen LogP contribution in [-0.2, 0) is 21.2 Å². The minimum Gasteiger partial charge on any atom is -0.326 e. The van der Waals surface area contributed by atoms with Gasteiger partial charge in [-0.3, -0.25) is 9.59 Å². The lowest BCUT2D eigenvalue weighted by molar-refractivity contribution is -0.116. The Hall–Kier alpha value is -2.17. The molecule has 0 aliphatic carbocycles. The van der Waals surface area contributed by atoms with Crippen LogP contribution in [0.2, 0.25) is 0 Å². The van der Waals surface area contributed by atoms with Crippen molar-refractivity contribution < 1.29 is 13.2 Å². The lowest BCUT2D eigenvalue weighted by Crippen LogP contribution is -2.39. The van der Waals surface area contributed by atoms with E-state index in [1.165, 1.54) is 28.2 Å². The van der Waals surface area contributed by atoms with Crippen LogP contribution in [0.1, 0.15) is 37.4 Å². The fourth-order valence-corrected chi connectivity index (χ4v) is 5.68. The molecule has 1 aromatic heterocycles. The molecule has 10 heteroatoms. The van der Waals surface area contributed by atoms with Gasteiger partial charge in [0, 0.05) is 36.5 Å². The molecule has 0 radical (unpaired) electrons. The molecule has 1 atom stereocenters. The van der Waals surface area contributed by atoms with Gasteiger partial charge in [0.05, 0.1) is 4.90 Å². The van der Waals surface area contributed by atoms with Crippen LogP contribution in [0, 0.1) is 12.8 Å². The number of piperidine rings is 1. The van der Waals surface area contributed by atoms with Crippen LogP contribution >= 0.6 is 11.8 Å². The first-order valence-electron chi connectivity index (χ1n) is 10.2. The molecular weight excluding hydrogens is 436 g/mol. The smallest absolute Gasteiger partial charge is 0.254 e. The molecule has 1 saturated heterocycles. The molecule has 0 bridgehead atoms. The molecule has 1 aliphatic rings. The van der Waals surface area contributed by atoms with Crippen molar-refractivity contribution in [1.29, 1.82) is 0 Å². The second-order valence-corrected chi connectivity index (χ2v) is 10.6. The zero-order valence-electron chi connectivity index (χ0n) is 18.0. The number of amides is 1. The number of aryl methyl sites for hydroxylation is 1. The highest BCUT2D eigenvalue weighted by atomic mass is 32.2. The summed E-state index contributed by atoms with van der Waals surface area (Å²) in [4.78, 5) is 31.7. The van der Waals surface area contributed by atoms with Crippen molar-refractivity contribution in [3.63, 3.8) is 0 Å². The van der Waals surface area contributed by atoms with Crippen molar-refractivity contribution in [2.24, 2.45) is 5.92 Å². The summed E-state index contributed by atoms with van der Waals surface area (Å²) in [5, 5.41) is 3.30. The van der Waals surface area contributed by atoms with Crippen LogP contribution in [0.3, 0.4) is 0 Å². The highest BCUT2D eigenvalue weighted by molar-refractivity contribution is 7.98. The van der Waals surface area contributed by atoms with Gasteiger partial charge in [-0.2, -0.15) is 4.31 Å². The second kappa shape index (κ2) is 9.97. The maximum Gasteiger partial charge on any atom is 0.254 e. The Morgan fingerprint density at radius 2 is 2.03 bits per heavy atom. The Kier molecular flexibility index (Phi) is 7.55. The Morgan fingerprint density at radius 1 is 1.32 bits per heavy atom. The van der Waals surface area contributed by atoms with Gasteiger partial charge in [-0.25, -0.2) is 13.4 Å². The number of hydrogen-bond donors (Lipinski definition) is 2. The molecule has 1 unspecified atom stereocenters. The maximum atomic E-state index is 12.8. The summed E-state index contributed by atoms with van der Waals surface area (Å²) in [5.74, 6) is 0.0956. The van der Waals surface area contributed by atoms with E-state index in [4.69, 9.17) is 0 Å². The van der Waals surface area contributed by atoms with Gasteiger partial charge in [-0.05, 0) is 62.6 Å². The van der Waals surface area contributed by atoms with Gasteiger partial charge < -0.3 is 10.3 Å². The normalized spacial score (nSPS) is 17.5. The van der Waals surface area contributed by atoms with Crippen molar-refractivity contribution in [1.82, 2.24) is 14.3 Å². The number of H-pyrrole nitrogens is 1. The van der Waals surface area contributed by atoms with Crippen molar-refractivity contribution in [2.75, 3.05) is 24.7 Å². The van der Waals surface area contributed by atoms with Gasteiger partial charge in [0.2, 0.25) is 15.9 Å². The summed E-state index contributed by atoms with van der Waals surface area (Å²) in [7, 11) is -3.53. The molecule has 3 rings (SSSR count). The first-order valence-corrected chi connectivity index (χ1v) is 12.9.